The number of rotatable bonds is 5. The van der Waals surface area contributed by atoms with E-state index in [4.69, 9.17) is 4.74 Å². The Hall–Kier alpha value is -1.06. The summed E-state index contributed by atoms with van der Waals surface area (Å²) in [4.78, 5) is 2.46. The topological polar surface area (TPSA) is 24.5 Å². The fourth-order valence-electron chi connectivity index (χ4n) is 2.54. The van der Waals surface area contributed by atoms with Crippen molar-refractivity contribution >= 4 is 5.69 Å². The van der Waals surface area contributed by atoms with Gasteiger partial charge in [-0.25, -0.2) is 0 Å². The molecule has 0 aromatic heterocycles. The van der Waals surface area contributed by atoms with Gasteiger partial charge in [0.25, 0.3) is 0 Å². The van der Waals surface area contributed by atoms with Crippen molar-refractivity contribution < 1.29 is 4.74 Å². The maximum Gasteiger partial charge on any atom is 0.0645 e. The normalized spacial score (nSPS) is 19.4. The highest BCUT2D eigenvalue weighted by Gasteiger charge is 2.19. The average Bonchev–Trinajstić information content (AvgIpc) is 2.58. The van der Waals surface area contributed by atoms with Crippen LogP contribution in [0.3, 0.4) is 0 Å². The number of fused-ring (bicyclic) bond motifs is 1. The van der Waals surface area contributed by atoms with Gasteiger partial charge in [0.15, 0.2) is 0 Å². The number of nitrogens with zero attached hydrogens (tertiary/aromatic N) is 1. The second-order valence-corrected chi connectivity index (χ2v) is 5.48. The highest BCUT2D eigenvalue weighted by atomic mass is 16.5. The Labute approximate surface area is 116 Å². The summed E-state index contributed by atoms with van der Waals surface area (Å²) in [7, 11) is 0. The molecular weight excluding hydrogens is 236 g/mol. The minimum Gasteiger partial charge on any atom is -0.377 e. The summed E-state index contributed by atoms with van der Waals surface area (Å²) in [5, 5.41) is 3.63. The van der Waals surface area contributed by atoms with Crippen LogP contribution >= 0.6 is 0 Å². The van der Waals surface area contributed by atoms with Crippen LogP contribution < -0.4 is 10.2 Å². The van der Waals surface area contributed by atoms with Crippen LogP contribution in [-0.4, -0.2) is 31.8 Å². The fourth-order valence-corrected chi connectivity index (χ4v) is 2.54. The van der Waals surface area contributed by atoms with Crippen molar-refractivity contribution in [2.45, 2.75) is 45.9 Å². The molecule has 1 aliphatic heterocycles. The van der Waals surface area contributed by atoms with Crippen molar-refractivity contribution in [3.63, 3.8) is 0 Å². The zero-order valence-electron chi connectivity index (χ0n) is 12.4. The van der Waals surface area contributed by atoms with Crippen molar-refractivity contribution in [2.75, 3.05) is 24.6 Å². The molecule has 1 unspecified atom stereocenters. The van der Waals surface area contributed by atoms with Crippen LogP contribution in [0, 0.1) is 0 Å². The number of hydrogen-bond acceptors (Lipinski definition) is 3. The summed E-state index contributed by atoms with van der Waals surface area (Å²) in [5.41, 5.74) is 2.75. The summed E-state index contributed by atoms with van der Waals surface area (Å²) in [6.07, 6.45) is 1.47. The molecule has 0 fully saturated rings. The third kappa shape index (κ3) is 3.95. The second kappa shape index (κ2) is 6.92. The number of benzene rings is 1. The van der Waals surface area contributed by atoms with Gasteiger partial charge in [0, 0.05) is 31.4 Å². The molecule has 0 amide bonds. The van der Waals surface area contributed by atoms with Gasteiger partial charge in [-0.1, -0.05) is 25.1 Å². The molecular formula is C16H26N2O. The van der Waals surface area contributed by atoms with Gasteiger partial charge >= 0.3 is 0 Å². The van der Waals surface area contributed by atoms with Crippen LogP contribution in [0.15, 0.2) is 24.3 Å². The quantitative estimate of drug-likeness (QED) is 0.883. The van der Waals surface area contributed by atoms with Crippen molar-refractivity contribution in [1.82, 2.24) is 5.32 Å². The number of nitrogens with one attached hydrogen (secondary N) is 1. The second-order valence-electron chi connectivity index (χ2n) is 5.48. The summed E-state index contributed by atoms with van der Waals surface area (Å²) < 4.78 is 5.71. The van der Waals surface area contributed by atoms with Crippen LogP contribution in [0.5, 0.6) is 0 Å². The molecule has 1 aliphatic rings. The van der Waals surface area contributed by atoms with E-state index >= 15 is 0 Å². The Balaban J connectivity index is 2.08. The molecule has 0 spiro atoms. The number of ether oxygens (including phenoxy) is 1. The first-order valence-corrected chi connectivity index (χ1v) is 7.38. The van der Waals surface area contributed by atoms with Gasteiger partial charge in [-0.2, -0.15) is 0 Å². The first-order valence-electron chi connectivity index (χ1n) is 7.38. The molecule has 1 aromatic rings. The Morgan fingerprint density at radius 1 is 1.37 bits per heavy atom. The van der Waals surface area contributed by atoms with E-state index in [0.29, 0.717) is 12.1 Å². The smallest absolute Gasteiger partial charge is 0.0645 e. The lowest BCUT2D eigenvalue weighted by Gasteiger charge is -2.27. The lowest BCUT2D eigenvalue weighted by atomic mass is 10.1. The molecule has 1 atom stereocenters. The first kappa shape index (κ1) is 14.4. The van der Waals surface area contributed by atoms with Gasteiger partial charge in [-0.15, -0.1) is 0 Å². The molecule has 0 aliphatic carbocycles. The van der Waals surface area contributed by atoms with Crippen molar-refractivity contribution in [1.29, 1.82) is 0 Å². The zero-order chi connectivity index (χ0) is 13.7. The van der Waals surface area contributed by atoms with Gasteiger partial charge in [-0.05, 0) is 31.9 Å². The van der Waals surface area contributed by atoms with E-state index in [1.54, 1.807) is 0 Å². The Kier molecular flexibility index (Phi) is 5.23. The van der Waals surface area contributed by atoms with Crippen molar-refractivity contribution in [3.8, 4) is 0 Å². The summed E-state index contributed by atoms with van der Waals surface area (Å²) in [6.45, 7) is 10.2. The molecule has 106 valence electrons. The van der Waals surface area contributed by atoms with Crippen LogP contribution in [0.25, 0.3) is 0 Å². The van der Waals surface area contributed by atoms with Crippen molar-refractivity contribution in [3.05, 3.63) is 29.8 Å². The highest BCUT2D eigenvalue weighted by Crippen LogP contribution is 2.23. The maximum atomic E-state index is 5.71. The molecule has 1 heterocycles. The summed E-state index contributed by atoms with van der Waals surface area (Å²) in [5.74, 6) is 0. The highest BCUT2D eigenvalue weighted by molar-refractivity contribution is 5.54. The lowest BCUT2D eigenvalue weighted by Crippen LogP contribution is -2.39. The van der Waals surface area contributed by atoms with E-state index < -0.39 is 0 Å². The van der Waals surface area contributed by atoms with Crippen LogP contribution in [0.1, 0.15) is 32.8 Å². The molecule has 0 radical (unpaired) electrons. The fraction of sp³-hybridized carbons (Fsp3) is 0.625. The van der Waals surface area contributed by atoms with Gasteiger partial charge < -0.3 is 15.0 Å². The van der Waals surface area contributed by atoms with E-state index in [1.165, 1.54) is 11.3 Å². The monoisotopic (exact) mass is 262 g/mol. The molecule has 0 saturated heterocycles. The molecule has 19 heavy (non-hydrogen) atoms. The molecule has 3 nitrogen and oxygen atoms in total. The van der Waals surface area contributed by atoms with Gasteiger partial charge in [-0.3, -0.25) is 0 Å². The van der Waals surface area contributed by atoms with E-state index in [9.17, 15) is 0 Å². The van der Waals surface area contributed by atoms with Crippen LogP contribution in [-0.2, 0) is 11.3 Å². The van der Waals surface area contributed by atoms with E-state index in [0.717, 1.165) is 32.7 Å². The third-order valence-electron chi connectivity index (χ3n) is 3.66. The van der Waals surface area contributed by atoms with E-state index in [1.807, 2.05) is 0 Å². The summed E-state index contributed by atoms with van der Waals surface area (Å²) in [6, 6.07) is 9.25. The molecule has 0 saturated carbocycles. The third-order valence-corrected chi connectivity index (χ3v) is 3.66. The standard InChI is InChI=1S/C16H26N2O/c1-4-15-12-18(9-10-19-13(2)3)16-8-6-5-7-14(16)11-17-15/h5-8,13,15,17H,4,9-12H2,1-3H3. The first-order chi connectivity index (χ1) is 9.20. The minimum absolute atomic E-state index is 0.308. The zero-order valence-corrected chi connectivity index (χ0v) is 12.4. The number of para-hydroxylation sites is 1. The Bertz CT molecular complexity index is 392. The number of anilines is 1. The summed E-state index contributed by atoms with van der Waals surface area (Å²) >= 11 is 0. The maximum absolute atomic E-state index is 5.71. The predicted octanol–water partition coefficient (Wildman–Crippen LogP) is 2.80. The van der Waals surface area contributed by atoms with Crippen LogP contribution in [0.2, 0.25) is 0 Å². The molecule has 2 rings (SSSR count). The van der Waals surface area contributed by atoms with E-state index in [-0.39, 0.29) is 0 Å². The van der Waals surface area contributed by atoms with E-state index in [2.05, 4.69) is 55.3 Å². The molecule has 1 N–H and O–H groups in total. The minimum atomic E-state index is 0.308. The van der Waals surface area contributed by atoms with Crippen molar-refractivity contribution in [2.24, 2.45) is 0 Å². The largest absolute Gasteiger partial charge is 0.377 e. The number of hydrogen-bond donors (Lipinski definition) is 1. The molecule has 0 bridgehead atoms. The lowest BCUT2D eigenvalue weighted by molar-refractivity contribution is 0.0839. The Morgan fingerprint density at radius 3 is 2.89 bits per heavy atom. The molecule has 1 aromatic carbocycles. The predicted molar refractivity (Wildman–Crippen MR) is 80.7 cm³/mol. The van der Waals surface area contributed by atoms with Gasteiger partial charge in [0.05, 0.1) is 12.7 Å². The van der Waals surface area contributed by atoms with Gasteiger partial charge in [0.1, 0.15) is 0 Å². The Morgan fingerprint density at radius 2 is 2.16 bits per heavy atom. The van der Waals surface area contributed by atoms with Gasteiger partial charge in [0.2, 0.25) is 0 Å². The SMILES string of the molecule is CCC1CN(CCOC(C)C)c2ccccc2CN1. The average molecular weight is 262 g/mol. The molecule has 3 heteroatoms. The van der Waals surface area contributed by atoms with Crippen LogP contribution in [0.4, 0.5) is 5.69 Å².